The number of carbonyl (C=O) groups excluding carboxylic acids is 1. The highest BCUT2D eigenvalue weighted by Crippen LogP contribution is 2.17. The molecule has 18 heavy (non-hydrogen) atoms. The van der Waals surface area contributed by atoms with Gasteiger partial charge in [-0.15, -0.1) is 0 Å². The first-order chi connectivity index (χ1) is 8.77. The van der Waals surface area contributed by atoms with Gasteiger partial charge in [-0.25, -0.2) is 0 Å². The molecule has 100 valence electrons. The molecule has 4 heteroatoms. The zero-order valence-corrected chi connectivity index (χ0v) is 10.9. The molecule has 4 nitrogen and oxygen atoms in total. The van der Waals surface area contributed by atoms with Crippen LogP contribution in [0.25, 0.3) is 0 Å². The fraction of sp³-hybridized carbons (Fsp3) is 0.500. The zero-order valence-electron chi connectivity index (χ0n) is 10.9. The molecule has 0 aliphatic rings. The molecule has 0 aliphatic carbocycles. The van der Waals surface area contributed by atoms with Gasteiger partial charge in [0.05, 0.1) is 0 Å². The van der Waals surface area contributed by atoms with Crippen molar-refractivity contribution < 1.29 is 9.53 Å². The molecule has 3 N–H and O–H groups in total. The number of ether oxygens (including phenoxy) is 1. The second kappa shape index (κ2) is 8.53. The number of aryl methyl sites for hydroxylation is 1. The average molecular weight is 250 g/mol. The van der Waals surface area contributed by atoms with Crippen LogP contribution < -0.4 is 15.8 Å². The van der Waals surface area contributed by atoms with Crippen molar-refractivity contribution in [2.45, 2.75) is 26.2 Å². The Hall–Kier alpha value is -1.55. The number of nitrogens with two attached hydrogens (primary N) is 1. The van der Waals surface area contributed by atoms with Crippen LogP contribution in [0.15, 0.2) is 24.3 Å². The van der Waals surface area contributed by atoms with E-state index in [-0.39, 0.29) is 12.5 Å². The van der Waals surface area contributed by atoms with Gasteiger partial charge in [-0.2, -0.15) is 0 Å². The lowest BCUT2D eigenvalue weighted by Gasteiger charge is -2.10. The van der Waals surface area contributed by atoms with Crippen LogP contribution in [0.1, 0.15) is 25.3 Å². The summed E-state index contributed by atoms with van der Waals surface area (Å²) in [6.45, 7) is 3.46. The Balaban J connectivity index is 2.29. The molecule has 0 saturated heterocycles. The van der Waals surface area contributed by atoms with Gasteiger partial charge in [0.1, 0.15) is 5.75 Å². The van der Waals surface area contributed by atoms with E-state index >= 15 is 0 Å². The minimum Gasteiger partial charge on any atom is -0.483 e. The summed E-state index contributed by atoms with van der Waals surface area (Å²) in [4.78, 5) is 11.5. The zero-order chi connectivity index (χ0) is 13.2. The molecule has 1 aromatic carbocycles. The van der Waals surface area contributed by atoms with Crippen molar-refractivity contribution in [2.75, 3.05) is 19.7 Å². The number of amides is 1. The lowest BCUT2D eigenvalue weighted by molar-refractivity contribution is -0.123. The molecule has 0 aliphatic heterocycles. The summed E-state index contributed by atoms with van der Waals surface area (Å²) in [5, 5.41) is 2.81. The van der Waals surface area contributed by atoms with Gasteiger partial charge in [0.15, 0.2) is 6.61 Å². The largest absolute Gasteiger partial charge is 0.483 e. The van der Waals surface area contributed by atoms with Crippen molar-refractivity contribution in [1.82, 2.24) is 5.32 Å². The number of hydrogen-bond donors (Lipinski definition) is 2. The summed E-state index contributed by atoms with van der Waals surface area (Å²) in [6, 6.07) is 7.78. The average Bonchev–Trinajstić information content (AvgIpc) is 2.41. The maximum Gasteiger partial charge on any atom is 0.257 e. The molecule has 1 aromatic rings. The van der Waals surface area contributed by atoms with Crippen LogP contribution in [0.4, 0.5) is 0 Å². The minimum atomic E-state index is -0.0853. The van der Waals surface area contributed by atoms with E-state index in [0.717, 1.165) is 30.6 Å². The molecule has 1 amide bonds. The third-order valence-electron chi connectivity index (χ3n) is 2.67. The second-order valence-electron chi connectivity index (χ2n) is 4.10. The van der Waals surface area contributed by atoms with Gasteiger partial charge in [0, 0.05) is 6.54 Å². The Morgan fingerprint density at radius 2 is 2.11 bits per heavy atom. The fourth-order valence-electron chi connectivity index (χ4n) is 1.63. The number of carbonyl (C=O) groups is 1. The smallest absolute Gasteiger partial charge is 0.257 e. The summed E-state index contributed by atoms with van der Waals surface area (Å²) < 4.78 is 5.51. The van der Waals surface area contributed by atoms with Crippen LogP contribution in [0, 0.1) is 0 Å². The number of rotatable bonds is 8. The summed E-state index contributed by atoms with van der Waals surface area (Å²) in [5.41, 5.74) is 6.49. The van der Waals surface area contributed by atoms with Crippen LogP contribution in [-0.4, -0.2) is 25.6 Å². The predicted molar refractivity (Wildman–Crippen MR) is 72.6 cm³/mol. The van der Waals surface area contributed by atoms with E-state index in [1.165, 1.54) is 0 Å². The Bertz CT molecular complexity index is 367. The highest BCUT2D eigenvalue weighted by atomic mass is 16.5. The first kappa shape index (κ1) is 14.5. The van der Waals surface area contributed by atoms with E-state index in [2.05, 4.69) is 12.2 Å². The molecule has 0 radical (unpaired) electrons. The fourth-order valence-corrected chi connectivity index (χ4v) is 1.63. The number of unbranched alkanes of at least 4 members (excludes halogenated alkanes) is 1. The number of nitrogens with one attached hydrogen (secondary N) is 1. The third kappa shape index (κ3) is 5.19. The SMILES string of the molecule is CCc1ccccc1OCC(=O)NCCCCN. The first-order valence-electron chi connectivity index (χ1n) is 6.45. The molecule has 0 saturated carbocycles. The molecule has 0 bridgehead atoms. The molecule has 1 rings (SSSR count). The summed E-state index contributed by atoms with van der Waals surface area (Å²) in [5.74, 6) is 0.704. The monoisotopic (exact) mass is 250 g/mol. The Morgan fingerprint density at radius 1 is 1.33 bits per heavy atom. The van der Waals surface area contributed by atoms with Crippen molar-refractivity contribution >= 4 is 5.91 Å². The van der Waals surface area contributed by atoms with Crippen molar-refractivity contribution in [1.29, 1.82) is 0 Å². The van der Waals surface area contributed by atoms with Gasteiger partial charge in [0.25, 0.3) is 5.91 Å². The van der Waals surface area contributed by atoms with Gasteiger partial charge in [-0.1, -0.05) is 25.1 Å². The Morgan fingerprint density at radius 3 is 2.83 bits per heavy atom. The van der Waals surface area contributed by atoms with Crippen LogP contribution >= 0.6 is 0 Å². The van der Waals surface area contributed by atoms with E-state index in [4.69, 9.17) is 10.5 Å². The van der Waals surface area contributed by atoms with Crippen molar-refractivity contribution in [3.8, 4) is 5.75 Å². The predicted octanol–water partition coefficient (Wildman–Crippen LogP) is 1.48. The number of hydrogen-bond acceptors (Lipinski definition) is 3. The molecule has 0 aromatic heterocycles. The molecule has 0 unspecified atom stereocenters. The normalized spacial score (nSPS) is 10.1. The van der Waals surface area contributed by atoms with E-state index in [0.29, 0.717) is 13.1 Å². The molecule has 0 atom stereocenters. The molecule has 0 spiro atoms. The topological polar surface area (TPSA) is 64.3 Å². The van der Waals surface area contributed by atoms with Crippen molar-refractivity contribution in [2.24, 2.45) is 5.73 Å². The maximum atomic E-state index is 11.5. The first-order valence-corrected chi connectivity index (χ1v) is 6.45. The lowest BCUT2D eigenvalue weighted by atomic mass is 10.1. The maximum absolute atomic E-state index is 11.5. The van der Waals surface area contributed by atoms with Gasteiger partial charge >= 0.3 is 0 Å². The Kier molecular flexibility index (Phi) is 6.87. The third-order valence-corrected chi connectivity index (χ3v) is 2.67. The van der Waals surface area contributed by atoms with Gasteiger partial charge in [0.2, 0.25) is 0 Å². The van der Waals surface area contributed by atoms with E-state index < -0.39 is 0 Å². The highest BCUT2D eigenvalue weighted by molar-refractivity contribution is 5.77. The van der Waals surface area contributed by atoms with E-state index in [1.807, 2.05) is 24.3 Å². The second-order valence-corrected chi connectivity index (χ2v) is 4.10. The standard InChI is InChI=1S/C14H22N2O2/c1-2-12-7-3-4-8-13(12)18-11-14(17)16-10-6-5-9-15/h3-4,7-8H,2,5-6,9-11,15H2,1H3,(H,16,17). The summed E-state index contributed by atoms with van der Waals surface area (Å²) >= 11 is 0. The minimum absolute atomic E-state index is 0.0691. The lowest BCUT2D eigenvalue weighted by Crippen LogP contribution is -2.30. The summed E-state index contributed by atoms with van der Waals surface area (Å²) in [7, 11) is 0. The number of para-hydroxylation sites is 1. The van der Waals surface area contributed by atoms with Gasteiger partial charge < -0.3 is 15.8 Å². The number of benzene rings is 1. The molecule has 0 heterocycles. The molecular weight excluding hydrogens is 228 g/mol. The van der Waals surface area contributed by atoms with E-state index in [9.17, 15) is 4.79 Å². The van der Waals surface area contributed by atoms with Crippen molar-refractivity contribution in [3.63, 3.8) is 0 Å². The van der Waals surface area contributed by atoms with Gasteiger partial charge in [-0.05, 0) is 37.4 Å². The van der Waals surface area contributed by atoms with Crippen molar-refractivity contribution in [3.05, 3.63) is 29.8 Å². The molecular formula is C14H22N2O2. The van der Waals surface area contributed by atoms with Gasteiger partial charge in [-0.3, -0.25) is 4.79 Å². The van der Waals surface area contributed by atoms with Crippen LogP contribution in [0.2, 0.25) is 0 Å². The quantitative estimate of drug-likeness (QED) is 0.687. The van der Waals surface area contributed by atoms with Crippen LogP contribution in [-0.2, 0) is 11.2 Å². The molecule has 0 fully saturated rings. The summed E-state index contributed by atoms with van der Waals surface area (Å²) in [6.07, 6.45) is 2.74. The van der Waals surface area contributed by atoms with E-state index in [1.54, 1.807) is 0 Å². The van der Waals surface area contributed by atoms with Crippen LogP contribution in [0.3, 0.4) is 0 Å². The Labute approximate surface area is 109 Å². The highest BCUT2D eigenvalue weighted by Gasteiger charge is 2.04. The van der Waals surface area contributed by atoms with Crippen LogP contribution in [0.5, 0.6) is 5.75 Å².